The number of benzene rings is 1. The second-order valence-electron chi connectivity index (χ2n) is 6.41. The number of amides is 5. The summed E-state index contributed by atoms with van der Waals surface area (Å²) in [7, 11) is 0. The Morgan fingerprint density at radius 3 is 2.11 bits per heavy atom. The van der Waals surface area contributed by atoms with Crippen LogP contribution in [0.3, 0.4) is 0 Å². The van der Waals surface area contributed by atoms with Crippen LogP contribution < -0.4 is 16.0 Å². The number of imide groups is 1. The lowest BCUT2D eigenvalue weighted by Gasteiger charge is -2.15. The summed E-state index contributed by atoms with van der Waals surface area (Å²) in [5.41, 5.74) is -0.0672. The van der Waals surface area contributed by atoms with Crippen LogP contribution in [0.25, 0.3) is 0 Å². The third-order valence-corrected chi connectivity index (χ3v) is 3.58. The van der Waals surface area contributed by atoms with Crippen molar-refractivity contribution in [1.29, 1.82) is 0 Å². The molecule has 1 aliphatic heterocycles. The summed E-state index contributed by atoms with van der Waals surface area (Å²) >= 11 is 0. The summed E-state index contributed by atoms with van der Waals surface area (Å²) in [4.78, 5) is 59.0. The zero-order valence-corrected chi connectivity index (χ0v) is 15.1. The molecule has 2 rings (SSSR count). The maximum atomic E-state index is 12.0. The number of ether oxygens (including phenoxy) is 1. The number of nitrogens with one attached hydrogen (secondary N) is 3. The second kappa shape index (κ2) is 7.85. The number of urea groups is 1. The fourth-order valence-electron chi connectivity index (χ4n) is 2.32. The van der Waals surface area contributed by atoms with E-state index in [4.69, 9.17) is 4.74 Å². The number of esters is 1. The lowest BCUT2D eigenvalue weighted by atomic mass is 10.1. The summed E-state index contributed by atoms with van der Waals surface area (Å²) in [6, 6.07) is 5.65. The predicted molar refractivity (Wildman–Crippen MR) is 94.7 cm³/mol. The predicted octanol–water partition coefficient (Wildman–Crippen LogP) is 0.457. The maximum Gasteiger partial charge on any atom is 0.326 e. The van der Waals surface area contributed by atoms with Gasteiger partial charge < -0.3 is 20.7 Å². The molecule has 1 aliphatic rings. The first-order valence-corrected chi connectivity index (χ1v) is 8.06. The molecule has 1 heterocycles. The van der Waals surface area contributed by atoms with E-state index in [0.717, 1.165) is 4.90 Å². The molecule has 0 bridgehead atoms. The van der Waals surface area contributed by atoms with Gasteiger partial charge in [0.15, 0.2) is 6.61 Å². The van der Waals surface area contributed by atoms with Crippen molar-refractivity contribution < 1.29 is 28.7 Å². The molecule has 10 nitrogen and oxygen atoms in total. The van der Waals surface area contributed by atoms with Gasteiger partial charge in [-0.3, -0.25) is 24.1 Å². The quantitative estimate of drug-likeness (QED) is 0.488. The number of rotatable bonds is 6. The average molecular weight is 376 g/mol. The van der Waals surface area contributed by atoms with Gasteiger partial charge in [0, 0.05) is 18.3 Å². The maximum absolute atomic E-state index is 12.0. The van der Waals surface area contributed by atoms with Crippen LogP contribution in [-0.2, 0) is 23.9 Å². The normalized spacial score (nSPS) is 15.1. The lowest BCUT2D eigenvalue weighted by molar-refractivity contribution is -0.150. The highest BCUT2D eigenvalue weighted by atomic mass is 16.5. The van der Waals surface area contributed by atoms with Crippen LogP contribution in [0, 0.1) is 0 Å². The molecule has 1 aromatic rings. The Kier molecular flexibility index (Phi) is 5.78. The molecule has 0 radical (unpaired) electrons. The molecular formula is C17H20N4O6. The van der Waals surface area contributed by atoms with Gasteiger partial charge in [0.2, 0.25) is 5.91 Å². The van der Waals surface area contributed by atoms with Gasteiger partial charge >= 0.3 is 12.0 Å². The van der Waals surface area contributed by atoms with E-state index in [9.17, 15) is 24.0 Å². The lowest BCUT2D eigenvalue weighted by Crippen LogP contribution is -2.41. The van der Waals surface area contributed by atoms with Crippen molar-refractivity contribution in [1.82, 2.24) is 10.2 Å². The molecule has 3 N–H and O–H groups in total. The van der Waals surface area contributed by atoms with Crippen LogP contribution in [0.1, 0.15) is 20.8 Å². The molecule has 27 heavy (non-hydrogen) atoms. The Labute approximate surface area is 155 Å². The molecule has 5 amide bonds. The summed E-state index contributed by atoms with van der Waals surface area (Å²) < 4.78 is 4.80. The summed E-state index contributed by atoms with van der Waals surface area (Å²) in [6.07, 6.45) is 0. The van der Waals surface area contributed by atoms with Crippen molar-refractivity contribution in [2.24, 2.45) is 0 Å². The summed E-state index contributed by atoms with van der Waals surface area (Å²) in [5, 5.41) is 7.54. The van der Waals surface area contributed by atoms with E-state index in [1.807, 2.05) is 0 Å². The highest BCUT2D eigenvalue weighted by Gasteiger charge is 2.45. The van der Waals surface area contributed by atoms with Crippen molar-refractivity contribution in [2.75, 3.05) is 23.8 Å². The van der Waals surface area contributed by atoms with Crippen molar-refractivity contribution in [2.45, 2.75) is 26.3 Å². The molecule has 1 fully saturated rings. The fourth-order valence-corrected chi connectivity index (χ4v) is 2.32. The van der Waals surface area contributed by atoms with Gasteiger partial charge in [0.1, 0.15) is 12.1 Å². The van der Waals surface area contributed by atoms with E-state index < -0.39 is 42.5 Å². The third kappa shape index (κ3) is 5.27. The highest BCUT2D eigenvalue weighted by Crippen LogP contribution is 2.16. The van der Waals surface area contributed by atoms with E-state index in [2.05, 4.69) is 16.0 Å². The van der Waals surface area contributed by atoms with Gasteiger partial charge in [0.25, 0.3) is 11.8 Å². The number of hydrogen-bond acceptors (Lipinski definition) is 6. The molecule has 1 aromatic carbocycles. The zero-order valence-electron chi connectivity index (χ0n) is 15.1. The summed E-state index contributed by atoms with van der Waals surface area (Å²) in [6.45, 7) is 3.27. The first-order chi connectivity index (χ1) is 12.6. The molecule has 144 valence electrons. The van der Waals surface area contributed by atoms with E-state index >= 15 is 0 Å². The second-order valence-corrected chi connectivity index (χ2v) is 6.41. The number of anilines is 2. The SMILES string of the molecule is CC(=O)Nc1ccc(NC(=O)COC(=O)CN2C(=O)NC(C)(C)C2=O)cc1. The van der Waals surface area contributed by atoms with Gasteiger partial charge in [-0.25, -0.2) is 4.79 Å². The highest BCUT2D eigenvalue weighted by molar-refractivity contribution is 6.08. The molecule has 0 saturated carbocycles. The van der Waals surface area contributed by atoms with Gasteiger partial charge in [-0.1, -0.05) is 0 Å². The molecular weight excluding hydrogens is 356 g/mol. The molecule has 0 unspecified atom stereocenters. The van der Waals surface area contributed by atoms with Crippen LogP contribution in [-0.4, -0.2) is 53.3 Å². The largest absolute Gasteiger partial charge is 0.454 e. The minimum absolute atomic E-state index is 0.216. The van der Waals surface area contributed by atoms with Gasteiger partial charge in [-0.15, -0.1) is 0 Å². The topological polar surface area (TPSA) is 134 Å². The van der Waals surface area contributed by atoms with Crippen molar-refractivity contribution in [3.8, 4) is 0 Å². The molecule has 0 aliphatic carbocycles. The Morgan fingerprint density at radius 1 is 1.07 bits per heavy atom. The van der Waals surface area contributed by atoms with Gasteiger partial charge in [0.05, 0.1) is 0 Å². The average Bonchev–Trinajstić information content (AvgIpc) is 2.76. The molecule has 1 saturated heterocycles. The van der Waals surface area contributed by atoms with Crippen LogP contribution in [0.5, 0.6) is 0 Å². The standard InChI is InChI=1S/C17H20N4O6/c1-10(22)18-11-4-6-12(7-5-11)19-13(23)9-27-14(24)8-21-15(25)17(2,3)20-16(21)26/h4-7H,8-9H2,1-3H3,(H,18,22)(H,19,23)(H,20,26). The Morgan fingerprint density at radius 2 is 1.63 bits per heavy atom. The van der Waals surface area contributed by atoms with Crippen LogP contribution in [0.2, 0.25) is 0 Å². The molecule has 0 aromatic heterocycles. The zero-order chi connectivity index (χ0) is 20.2. The smallest absolute Gasteiger partial charge is 0.326 e. The molecule has 10 heteroatoms. The van der Waals surface area contributed by atoms with Gasteiger partial charge in [-0.2, -0.15) is 0 Å². The van der Waals surface area contributed by atoms with Crippen molar-refractivity contribution in [3.63, 3.8) is 0 Å². The first kappa shape index (κ1) is 19.9. The number of carbonyl (C=O) groups is 5. The minimum Gasteiger partial charge on any atom is -0.454 e. The van der Waals surface area contributed by atoms with E-state index in [1.165, 1.54) is 20.8 Å². The van der Waals surface area contributed by atoms with Crippen LogP contribution >= 0.6 is 0 Å². The van der Waals surface area contributed by atoms with Crippen LogP contribution in [0.4, 0.5) is 16.2 Å². The van der Waals surface area contributed by atoms with Gasteiger partial charge in [-0.05, 0) is 38.1 Å². The monoisotopic (exact) mass is 376 g/mol. The number of hydrogen-bond donors (Lipinski definition) is 3. The van der Waals surface area contributed by atoms with E-state index in [-0.39, 0.29) is 5.91 Å². The fraction of sp³-hybridized carbons (Fsp3) is 0.353. The van der Waals surface area contributed by atoms with Crippen LogP contribution in [0.15, 0.2) is 24.3 Å². The van der Waals surface area contributed by atoms with Crippen molar-refractivity contribution in [3.05, 3.63) is 24.3 Å². The van der Waals surface area contributed by atoms with E-state index in [1.54, 1.807) is 24.3 Å². The van der Waals surface area contributed by atoms with Crippen molar-refractivity contribution >= 4 is 41.1 Å². The third-order valence-electron chi connectivity index (χ3n) is 3.58. The summed E-state index contributed by atoms with van der Waals surface area (Å²) in [5.74, 6) is -2.24. The minimum atomic E-state index is -1.09. The van der Waals surface area contributed by atoms with E-state index in [0.29, 0.717) is 11.4 Å². The Bertz CT molecular complexity index is 787. The Hall–Kier alpha value is -3.43. The molecule has 0 atom stereocenters. The number of nitrogens with zero attached hydrogens (tertiary/aromatic N) is 1. The first-order valence-electron chi connectivity index (χ1n) is 8.06. The molecule has 0 spiro atoms. The Balaban J connectivity index is 1.80. The number of carbonyl (C=O) groups excluding carboxylic acids is 5.